The molecular formula is C17H25N3O. The second-order valence-electron chi connectivity index (χ2n) is 5.62. The summed E-state index contributed by atoms with van der Waals surface area (Å²) < 4.78 is 6.11. The number of guanidine groups is 1. The number of hydrogen-bond acceptors (Lipinski definition) is 2. The molecule has 4 heteroatoms. The molecule has 1 aromatic carbocycles. The number of fused-ring (bicyclic) bond motifs is 1. The van der Waals surface area contributed by atoms with Crippen molar-refractivity contribution in [2.24, 2.45) is 10.7 Å². The Bertz CT molecular complexity index is 539. The largest absolute Gasteiger partial charge is 0.370 e. The van der Waals surface area contributed by atoms with E-state index < -0.39 is 0 Å². The van der Waals surface area contributed by atoms with E-state index in [0.717, 1.165) is 25.0 Å². The van der Waals surface area contributed by atoms with Gasteiger partial charge in [0, 0.05) is 6.54 Å². The van der Waals surface area contributed by atoms with Crippen molar-refractivity contribution in [3.05, 3.63) is 47.5 Å². The lowest BCUT2D eigenvalue weighted by Gasteiger charge is -2.37. The molecule has 0 aliphatic carbocycles. The number of benzene rings is 1. The number of nitrogens with one attached hydrogen (secondary N) is 1. The van der Waals surface area contributed by atoms with E-state index in [1.165, 1.54) is 11.1 Å². The predicted molar refractivity (Wildman–Crippen MR) is 87.4 cm³/mol. The molecule has 3 N–H and O–H groups in total. The number of aliphatic imine (C=N–C) groups is 1. The van der Waals surface area contributed by atoms with E-state index >= 15 is 0 Å². The SMILES string of the molecule is C=C(C)CNC(N)=NCC1(CC)OCCc2ccccc21. The summed E-state index contributed by atoms with van der Waals surface area (Å²) in [5.74, 6) is 0.442. The summed E-state index contributed by atoms with van der Waals surface area (Å²) in [5.41, 5.74) is 9.19. The first-order chi connectivity index (χ1) is 10.1. The normalized spacial score (nSPS) is 21.7. The van der Waals surface area contributed by atoms with E-state index in [4.69, 9.17) is 10.5 Å². The van der Waals surface area contributed by atoms with Crippen LogP contribution in [0.15, 0.2) is 41.4 Å². The molecule has 0 saturated heterocycles. The molecule has 1 aliphatic rings. The van der Waals surface area contributed by atoms with Gasteiger partial charge in [-0.1, -0.05) is 43.3 Å². The van der Waals surface area contributed by atoms with Crippen LogP contribution in [-0.4, -0.2) is 25.7 Å². The third-order valence-electron chi connectivity index (χ3n) is 3.91. The minimum absolute atomic E-state index is 0.357. The summed E-state index contributed by atoms with van der Waals surface area (Å²) in [5, 5.41) is 3.06. The van der Waals surface area contributed by atoms with Gasteiger partial charge in [-0.05, 0) is 30.9 Å². The highest BCUT2D eigenvalue weighted by Crippen LogP contribution is 2.36. The molecule has 1 aliphatic heterocycles. The molecule has 114 valence electrons. The zero-order valence-corrected chi connectivity index (χ0v) is 13.0. The molecule has 0 saturated carbocycles. The highest BCUT2D eigenvalue weighted by molar-refractivity contribution is 5.78. The van der Waals surface area contributed by atoms with Crippen molar-refractivity contribution >= 4 is 5.96 Å². The van der Waals surface area contributed by atoms with Gasteiger partial charge in [0.15, 0.2) is 5.96 Å². The fraction of sp³-hybridized carbons (Fsp3) is 0.471. The van der Waals surface area contributed by atoms with Crippen molar-refractivity contribution in [2.75, 3.05) is 19.7 Å². The Labute approximate surface area is 127 Å². The first-order valence-electron chi connectivity index (χ1n) is 7.48. The van der Waals surface area contributed by atoms with E-state index in [9.17, 15) is 0 Å². The van der Waals surface area contributed by atoms with Crippen LogP contribution in [0, 0.1) is 0 Å². The molecule has 0 radical (unpaired) electrons. The molecule has 0 bridgehead atoms. The number of hydrogen-bond donors (Lipinski definition) is 2. The average Bonchev–Trinajstić information content (AvgIpc) is 2.50. The second kappa shape index (κ2) is 6.76. The van der Waals surface area contributed by atoms with Crippen LogP contribution >= 0.6 is 0 Å². The zero-order valence-electron chi connectivity index (χ0n) is 13.0. The van der Waals surface area contributed by atoms with Gasteiger partial charge in [0.2, 0.25) is 0 Å². The van der Waals surface area contributed by atoms with Crippen LogP contribution in [-0.2, 0) is 16.8 Å². The van der Waals surface area contributed by atoms with Crippen LogP contribution in [0.1, 0.15) is 31.4 Å². The van der Waals surface area contributed by atoms with Gasteiger partial charge in [-0.3, -0.25) is 4.99 Å². The molecule has 1 atom stereocenters. The molecule has 1 aromatic rings. The monoisotopic (exact) mass is 287 g/mol. The Hall–Kier alpha value is -1.81. The summed E-state index contributed by atoms with van der Waals surface area (Å²) in [6, 6.07) is 8.46. The van der Waals surface area contributed by atoms with E-state index in [2.05, 4.69) is 48.1 Å². The van der Waals surface area contributed by atoms with Gasteiger partial charge < -0.3 is 15.8 Å². The van der Waals surface area contributed by atoms with Gasteiger partial charge in [0.25, 0.3) is 0 Å². The maximum absolute atomic E-state index is 6.11. The molecular weight excluding hydrogens is 262 g/mol. The molecule has 4 nitrogen and oxygen atoms in total. The smallest absolute Gasteiger partial charge is 0.188 e. The minimum atomic E-state index is -0.357. The van der Waals surface area contributed by atoms with Crippen molar-refractivity contribution in [3.63, 3.8) is 0 Å². The van der Waals surface area contributed by atoms with Gasteiger partial charge in [-0.2, -0.15) is 0 Å². The maximum atomic E-state index is 6.11. The quantitative estimate of drug-likeness (QED) is 0.496. The lowest BCUT2D eigenvalue weighted by atomic mass is 9.84. The van der Waals surface area contributed by atoms with Crippen LogP contribution in [0.3, 0.4) is 0 Å². The van der Waals surface area contributed by atoms with Crippen molar-refractivity contribution in [1.29, 1.82) is 0 Å². The molecule has 1 unspecified atom stereocenters. The van der Waals surface area contributed by atoms with Gasteiger partial charge in [-0.15, -0.1) is 0 Å². The number of ether oxygens (including phenoxy) is 1. The standard InChI is InChI=1S/C17H25N3O/c1-4-17(12-20-16(18)19-11-13(2)3)15-8-6-5-7-14(15)9-10-21-17/h5-8H,2,4,9-12H2,1,3H3,(H3,18,19,20). The van der Waals surface area contributed by atoms with E-state index in [0.29, 0.717) is 19.0 Å². The fourth-order valence-corrected chi connectivity index (χ4v) is 2.66. The van der Waals surface area contributed by atoms with Crippen LogP contribution in [0.2, 0.25) is 0 Å². The number of nitrogens with two attached hydrogens (primary N) is 1. The van der Waals surface area contributed by atoms with Crippen LogP contribution in [0.25, 0.3) is 0 Å². The first-order valence-corrected chi connectivity index (χ1v) is 7.48. The molecule has 0 fully saturated rings. The topological polar surface area (TPSA) is 59.6 Å². The van der Waals surface area contributed by atoms with Gasteiger partial charge in [0.05, 0.1) is 13.2 Å². The van der Waals surface area contributed by atoms with Gasteiger partial charge >= 0.3 is 0 Å². The fourth-order valence-electron chi connectivity index (χ4n) is 2.66. The molecule has 1 heterocycles. The Morgan fingerprint density at radius 2 is 2.24 bits per heavy atom. The first kappa shape index (κ1) is 15.6. The third kappa shape index (κ3) is 3.64. The molecule has 2 rings (SSSR count). The van der Waals surface area contributed by atoms with Crippen LogP contribution < -0.4 is 11.1 Å². The van der Waals surface area contributed by atoms with Gasteiger partial charge in [0.1, 0.15) is 5.60 Å². The molecule has 0 spiro atoms. The molecule has 21 heavy (non-hydrogen) atoms. The van der Waals surface area contributed by atoms with Crippen molar-refractivity contribution < 1.29 is 4.74 Å². The second-order valence-corrected chi connectivity index (χ2v) is 5.62. The summed E-state index contributed by atoms with van der Waals surface area (Å²) in [7, 11) is 0. The number of rotatable bonds is 5. The van der Waals surface area contributed by atoms with E-state index in [1.54, 1.807) is 0 Å². The average molecular weight is 287 g/mol. The van der Waals surface area contributed by atoms with Crippen molar-refractivity contribution in [3.8, 4) is 0 Å². The summed E-state index contributed by atoms with van der Waals surface area (Å²) in [6.45, 7) is 9.84. The lowest BCUT2D eigenvalue weighted by molar-refractivity contribution is -0.0559. The number of nitrogens with zero attached hydrogens (tertiary/aromatic N) is 1. The van der Waals surface area contributed by atoms with Crippen LogP contribution in [0.5, 0.6) is 0 Å². The predicted octanol–water partition coefficient (Wildman–Crippen LogP) is 2.34. The Balaban J connectivity index is 2.16. The minimum Gasteiger partial charge on any atom is -0.370 e. The maximum Gasteiger partial charge on any atom is 0.188 e. The molecule has 0 aromatic heterocycles. The van der Waals surface area contributed by atoms with Gasteiger partial charge in [-0.25, -0.2) is 0 Å². The summed E-state index contributed by atoms with van der Waals surface area (Å²) in [6.07, 6.45) is 1.84. The van der Waals surface area contributed by atoms with Crippen LogP contribution in [0.4, 0.5) is 0 Å². The summed E-state index contributed by atoms with van der Waals surface area (Å²) >= 11 is 0. The van der Waals surface area contributed by atoms with E-state index in [1.807, 2.05) is 6.92 Å². The summed E-state index contributed by atoms with van der Waals surface area (Å²) in [4.78, 5) is 4.48. The third-order valence-corrected chi connectivity index (χ3v) is 3.91. The van der Waals surface area contributed by atoms with E-state index in [-0.39, 0.29) is 5.60 Å². The van der Waals surface area contributed by atoms with Crippen molar-refractivity contribution in [1.82, 2.24) is 5.32 Å². The Morgan fingerprint density at radius 1 is 1.48 bits per heavy atom. The highest BCUT2D eigenvalue weighted by Gasteiger charge is 2.35. The lowest BCUT2D eigenvalue weighted by Crippen LogP contribution is -2.40. The Kier molecular flexibility index (Phi) is 5.02. The molecule has 0 amide bonds. The highest BCUT2D eigenvalue weighted by atomic mass is 16.5. The zero-order chi connectivity index (χ0) is 15.3. The van der Waals surface area contributed by atoms with Crippen molar-refractivity contribution in [2.45, 2.75) is 32.3 Å². The Morgan fingerprint density at radius 3 is 2.95 bits per heavy atom.